The first-order valence-electron chi connectivity index (χ1n) is 10.4. The summed E-state index contributed by atoms with van der Waals surface area (Å²) in [5.74, 6) is 1.02. The first kappa shape index (κ1) is 21.8. The lowest BCUT2D eigenvalue weighted by atomic mass is 9.83. The summed E-state index contributed by atoms with van der Waals surface area (Å²) < 4.78 is 43.4. The third-order valence-corrected chi connectivity index (χ3v) is 7.79. The van der Waals surface area contributed by atoms with Crippen molar-refractivity contribution < 1.29 is 27.2 Å². The molecule has 0 aliphatic carbocycles. The van der Waals surface area contributed by atoms with Gasteiger partial charge in [0.1, 0.15) is 28.6 Å². The molecular formula is C25H21ClO6S. The highest BCUT2D eigenvalue weighted by molar-refractivity contribution is 7.87. The van der Waals surface area contributed by atoms with Crippen molar-refractivity contribution in [3.63, 3.8) is 0 Å². The molecule has 3 aromatic carbocycles. The second-order valence-corrected chi connectivity index (χ2v) is 10.1. The summed E-state index contributed by atoms with van der Waals surface area (Å²) in [5, 5.41) is 9.23. The number of hydrogen-bond donors (Lipinski definition) is 1. The standard InChI is InChI=1S/C25H21ClO6S/c1-30-19-11-7-16(8-12-19)24-23(15-5-9-18(27)10-6-15)21-14-22(25(24)31-21)33(28,29)32-20-4-2-3-17(26)13-20/h2-13,21-22,25,27H,14H2,1H3/t21-,22+,25+/m0/s1. The van der Waals surface area contributed by atoms with Gasteiger partial charge in [0, 0.05) is 17.5 Å². The minimum atomic E-state index is -4.01. The van der Waals surface area contributed by atoms with Gasteiger partial charge in [0.25, 0.3) is 0 Å². The average molecular weight is 485 g/mol. The third kappa shape index (κ3) is 4.08. The molecule has 0 radical (unpaired) electrons. The lowest BCUT2D eigenvalue weighted by molar-refractivity contribution is 0.128. The number of phenols is 1. The Morgan fingerprint density at radius 1 is 0.939 bits per heavy atom. The van der Waals surface area contributed by atoms with E-state index in [1.165, 1.54) is 6.07 Å². The van der Waals surface area contributed by atoms with E-state index in [1.807, 2.05) is 36.4 Å². The SMILES string of the molecule is COc1ccc(C2=C(c3ccc(O)cc3)[C@@H]3C[C@@H](S(=O)(=O)Oc4cccc(Cl)c4)[C@H]2O3)cc1. The van der Waals surface area contributed by atoms with E-state index >= 15 is 0 Å². The van der Waals surface area contributed by atoms with Gasteiger partial charge in [-0.3, -0.25) is 0 Å². The molecule has 2 bridgehead atoms. The molecule has 6 nitrogen and oxygen atoms in total. The highest BCUT2D eigenvalue weighted by atomic mass is 35.5. The Morgan fingerprint density at radius 2 is 1.61 bits per heavy atom. The first-order chi connectivity index (χ1) is 15.9. The van der Waals surface area contributed by atoms with E-state index in [0.717, 1.165) is 22.3 Å². The van der Waals surface area contributed by atoms with Gasteiger partial charge in [-0.15, -0.1) is 0 Å². The van der Waals surface area contributed by atoms with Crippen LogP contribution >= 0.6 is 11.6 Å². The van der Waals surface area contributed by atoms with Crippen LogP contribution in [-0.4, -0.2) is 38.1 Å². The lowest BCUT2D eigenvalue weighted by Gasteiger charge is -2.24. The summed E-state index contributed by atoms with van der Waals surface area (Å²) in [6, 6.07) is 20.6. The van der Waals surface area contributed by atoms with E-state index in [2.05, 4.69) is 0 Å². The van der Waals surface area contributed by atoms with Crippen molar-refractivity contribution in [3.8, 4) is 17.2 Å². The number of methoxy groups -OCH3 is 1. The first-order valence-corrected chi connectivity index (χ1v) is 12.2. The third-order valence-electron chi connectivity index (χ3n) is 5.95. The molecule has 3 aromatic rings. The van der Waals surface area contributed by atoms with Crippen LogP contribution < -0.4 is 8.92 Å². The topological polar surface area (TPSA) is 82.1 Å². The zero-order chi connectivity index (χ0) is 23.2. The van der Waals surface area contributed by atoms with Crippen LogP contribution in [-0.2, 0) is 14.9 Å². The van der Waals surface area contributed by atoms with E-state index in [0.29, 0.717) is 10.8 Å². The van der Waals surface area contributed by atoms with Crippen LogP contribution in [0.5, 0.6) is 17.2 Å². The number of halogens is 1. The average Bonchev–Trinajstić information content (AvgIpc) is 3.39. The van der Waals surface area contributed by atoms with Gasteiger partial charge in [0.05, 0.1) is 13.2 Å². The molecule has 0 spiro atoms. The van der Waals surface area contributed by atoms with Gasteiger partial charge >= 0.3 is 10.1 Å². The van der Waals surface area contributed by atoms with Gasteiger partial charge < -0.3 is 18.8 Å². The van der Waals surface area contributed by atoms with E-state index in [-0.39, 0.29) is 17.9 Å². The maximum atomic E-state index is 13.2. The number of aromatic hydroxyl groups is 1. The normalized spacial score (nSPS) is 21.9. The molecule has 170 valence electrons. The Morgan fingerprint density at radius 3 is 2.27 bits per heavy atom. The van der Waals surface area contributed by atoms with Gasteiger partial charge in [-0.05, 0) is 58.7 Å². The van der Waals surface area contributed by atoms with Crippen molar-refractivity contribution in [1.29, 1.82) is 0 Å². The van der Waals surface area contributed by atoms with Crippen LogP contribution in [0.1, 0.15) is 17.5 Å². The molecule has 2 aliphatic rings. The summed E-state index contributed by atoms with van der Waals surface area (Å²) in [4.78, 5) is 0. The Balaban J connectivity index is 1.56. The Hall–Kier alpha value is -3.00. The maximum absolute atomic E-state index is 13.2. The highest BCUT2D eigenvalue weighted by Gasteiger charge is 2.53. The van der Waals surface area contributed by atoms with Crippen LogP contribution in [0.25, 0.3) is 11.1 Å². The largest absolute Gasteiger partial charge is 0.508 e. The van der Waals surface area contributed by atoms with Crippen LogP contribution in [0.3, 0.4) is 0 Å². The van der Waals surface area contributed by atoms with Crippen LogP contribution in [0, 0.1) is 0 Å². The van der Waals surface area contributed by atoms with Crippen LogP contribution in [0.2, 0.25) is 5.02 Å². The Labute approximate surface area is 197 Å². The fourth-order valence-electron chi connectivity index (χ4n) is 4.48. The van der Waals surface area contributed by atoms with Crippen LogP contribution in [0.15, 0.2) is 72.8 Å². The smallest absolute Gasteiger partial charge is 0.315 e. The molecule has 3 atom stereocenters. The molecule has 0 unspecified atom stereocenters. The second kappa shape index (κ2) is 8.41. The molecule has 33 heavy (non-hydrogen) atoms. The molecule has 1 N–H and O–H groups in total. The quantitative estimate of drug-likeness (QED) is 0.500. The number of rotatable bonds is 6. The van der Waals surface area contributed by atoms with Crippen molar-refractivity contribution in [2.45, 2.75) is 23.9 Å². The second-order valence-electron chi connectivity index (χ2n) is 7.96. The predicted octanol–water partition coefficient (Wildman–Crippen LogP) is 4.91. The Kier molecular flexibility index (Phi) is 5.56. The molecular weight excluding hydrogens is 464 g/mol. The summed E-state index contributed by atoms with van der Waals surface area (Å²) in [6.45, 7) is 0. The van der Waals surface area contributed by atoms with Crippen molar-refractivity contribution in [3.05, 3.63) is 88.9 Å². The summed E-state index contributed by atoms with van der Waals surface area (Å²) >= 11 is 5.99. The molecule has 5 rings (SSSR count). The van der Waals surface area contributed by atoms with Crippen LogP contribution in [0.4, 0.5) is 0 Å². The highest BCUT2D eigenvalue weighted by Crippen LogP contribution is 2.51. The van der Waals surface area contributed by atoms with E-state index in [1.54, 1.807) is 37.4 Å². The monoisotopic (exact) mass is 484 g/mol. The van der Waals surface area contributed by atoms with Crippen molar-refractivity contribution in [1.82, 2.24) is 0 Å². The van der Waals surface area contributed by atoms with E-state index in [9.17, 15) is 13.5 Å². The lowest BCUT2D eigenvalue weighted by Crippen LogP contribution is -2.35. The fraction of sp³-hybridized carbons (Fsp3) is 0.200. The molecule has 2 heterocycles. The predicted molar refractivity (Wildman–Crippen MR) is 126 cm³/mol. The van der Waals surface area contributed by atoms with Gasteiger partial charge in [-0.25, -0.2) is 0 Å². The number of phenolic OH excluding ortho intramolecular Hbond substituents is 1. The number of benzene rings is 3. The maximum Gasteiger partial charge on any atom is 0.315 e. The number of hydrogen-bond acceptors (Lipinski definition) is 6. The minimum absolute atomic E-state index is 0.157. The Bertz CT molecular complexity index is 1320. The zero-order valence-corrected chi connectivity index (χ0v) is 19.2. The summed E-state index contributed by atoms with van der Waals surface area (Å²) in [6.07, 6.45) is -0.848. The van der Waals surface area contributed by atoms with Crippen molar-refractivity contribution in [2.75, 3.05) is 7.11 Å². The molecule has 0 saturated carbocycles. The van der Waals surface area contributed by atoms with Crippen molar-refractivity contribution >= 4 is 32.9 Å². The molecule has 0 amide bonds. The van der Waals surface area contributed by atoms with Gasteiger partial charge in [-0.1, -0.05) is 41.9 Å². The molecule has 0 aromatic heterocycles. The molecule has 1 fully saturated rings. The zero-order valence-electron chi connectivity index (χ0n) is 17.6. The van der Waals surface area contributed by atoms with Gasteiger partial charge in [0.2, 0.25) is 0 Å². The molecule has 1 saturated heterocycles. The van der Waals surface area contributed by atoms with E-state index < -0.39 is 27.6 Å². The number of fused-ring (bicyclic) bond motifs is 2. The minimum Gasteiger partial charge on any atom is -0.508 e. The number of ether oxygens (including phenoxy) is 2. The summed E-state index contributed by atoms with van der Waals surface area (Å²) in [5.41, 5.74) is 3.42. The fourth-order valence-corrected chi connectivity index (χ4v) is 6.07. The van der Waals surface area contributed by atoms with Gasteiger partial charge in [0.15, 0.2) is 0 Å². The van der Waals surface area contributed by atoms with Crippen molar-refractivity contribution in [2.24, 2.45) is 0 Å². The molecule has 2 aliphatic heterocycles. The molecule has 8 heteroatoms. The van der Waals surface area contributed by atoms with Gasteiger partial charge in [-0.2, -0.15) is 8.42 Å². The summed E-state index contributed by atoms with van der Waals surface area (Å²) in [7, 11) is -2.42. The van der Waals surface area contributed by atoms with E-state index in [4.69, 9.17) is 25.3 Å².